The SMILES string of the molecule is COC(C)(C)CCC1(O)CC(C(C)C)C1. The van der Waals surface area contributed by atoms with Crippen LogP contribution < -0.4 is 0 Å². The van der Waals surface area contributed by atoms with Crippen LogP contribution in [0.5, 0.6) is 0 Å². The molecular formula is C13H26O2. The van der Waals surface area contributed by atoms with E-state index in [0.29, 0.717) is 5.92 Å². The minimum atomic E-state index is -0.398. The van der Waals surface area contributed by atoms with Gasteiger partial charge in [-0.2, -0.15) is 0 Å². The van der Waals surface area contributed by atoms with Gasteiger partial charge in [-0.3, -0.25) is 0 Å². The second kappa shape index (κ2) is 4.42. The molecule has 15 heavy (non-hydrogen) atoms. The van der Waals surface area contributed by atoms with Crippen LogP contribution in [0.2, 0.25) is 0 Å². The molecule has 1 fully saturated rings. The molecule has 0 aliphatic heterocycles. The summed E-state index contributed by atoms with van der Waals surface area (Å²) < 4.78 is 5.36. The molecule has 0 amide bonds. The van der Waals surface area contributed by atoms with Crippen molar-refractivity contribution in [2.24, 2.45) is 11.8 Å². The van der Waals surface area contributed by atoms with Crippen LogP contribution in [0.1, 0.15) is 53.4 Å². The Balaban J connectivity index is 2.30. The maximum atomic E-state index is 10.2. The Kier molecular flexibility index (Phi) is 3.83. The summed E-state index contributed by atoms with van der Waals surface area (Å²) in [4.78, 5) is 0. The monoisotopic (exact) mass is 214 g/mol. The first-order chi connectivity index (χ1) is 6.78. The highest BCUT2D eigenvalue weighted by molar-refractivity contribution is 4.96. The van der Waals surface area contributed by atoms with Crippen molar-refractivity contribution in [2.45, 2.75) is 64.6 Å². The average Bonchev–Trinajstić information content (AvgIpc) is 2.10. The number of hydrogen-bond donors (Lipinski definition) is 1. The van der Waals surface area contributed by atoms with Gasteiger partial charge in [-0.1, -0.05) is 13.8 Å². The first-order valence-electron chi connectivity index (χ1n) is 6.05. The summed E-state index contributed by atoms with van der Waals surface area (Å²) >= 11 is 0. The molecule has 0 atom stereocenters. The molecule has 0 radical (unpaired) electrons. The maximum absolute atomic E-state index is 10.2. The fourth-order valence-corrected chi connectivity index (χ4v) is 2.23. The van der Waals surface area contributed by atoms with Crippen molar-refractivity contribution in [3.8, 4) is 0 Å². The summed E-state index contributed by atoms with van der Waals surface area (Å²) in [7, 11) is 1.74. The fourth-order valence-electron chi connectivity index (χ4n) is 2.23. The van der Waals surface area contributed by atoms with E-state index in [0.717, 1.165) is 31.6 Å². The van der Waals surface area contributed by atoms with Crippen molar-refractivity contribution in [2.75, 3.05) is 7.11 Å². The minimum absolute atomic E-state index is 0.0986. The van der Waals surface area contributed by atoms with Crippen molar-refractivity contribution in [1.29, 1.82) is 0 Å². The Labute approximate surface area is 94.0 Å². The molecule has 0 unspecified atom stereocenters. The van der Waals surface area contributed by atoms with Gasteiger partial charge in [0.05, 0.1) is 11.2 Å². The Morgan fingerprint density at radius 1 is 1.40 bits per heavy atom. The van der Waals surface area contributed by atoms with Gasteiger partial charge in [-0.15, -0.1) is 0 Å². The Morgan fingerprint density at radius 3 is 2.33 bits per heavy atom. The lowest BCUT2D eigenvalue weighted by Crippen LogP contribution is -2.46. The molecule has 90 valence electrons. The molecule has 2 heteroatoms. The lowest BCUT2D eigenvalue weighted by Gasteiger charge is -2.47. The Morgan fingerprint density at radius 2 is 1.93 bits per heavy atom. The molecule has 0 bridgehead atoms. The van der Waals surface area contributed by atoms with Crippen molar-refractivity contribution in [1.82, 2.24) is 0 Å². The number of hydrogen-bond acceptors (Lipinski definition) is 2. The molecule has 1 rings (SSSR count). The summed E-state index contributed by atoms with van der Waals surface area (Å²) in [5.41, 5.74) is -0.497. The van der Waals surface area contributed by atoms with Gasteiger partial charge in [0, 0.05) is 7.11 Å². The number of methoxy groups -OCH3 is 1. The lowest BCUT2D eigenvalue weighted by atomic mass is 9.64. The van der Waals surface area contributed by atoms with E-state index in [-0.39, 0.29) is 5.60 Å². The summed E-state index contributed by atoms with van der Waals surface area (Å²) in [5.74, 6) is 1.43. The highest BCUT2D eigenvalue weighted by atomic mass is 16.5. The summed E-state index contributed by atoms with van der Waals surface area (Å²) in [5, 5.41) is 10.2. The zero-order chi connectivity index (χ0) is 11.7. The van der Waals surface area contributed by atoms with E-state index >= 15 is 0 Å². The van der Waals surface area contributed by atoms with Gasteiger partial charge < -0.3 is 9.84 Å². The van der Waals surface area contributed by atoms with Crippen molar-refractivity contribution >= 4 is 0 Å². The largest absolute Gasteiger partial charge is 0.390 e. The Bertz CT molecular complexity index is 203. The van der Waals surface area contributed by atoms with E-state index < -0.39 is 5.60 Å². The van der Waals surface area contributed by atoms with Crippen molar-refractivity contribution < 1.29 is 9.84 Å². The van der Waals surface area contributed by atoms with Crippen LogP contribution in [0.4, 0.5) is 0 Å². The first-order valence-corrected chi connectivity index (χ1v) is 6.05. The molecule has 1 aliphatic rings. The second-order valence-electron chi connectivity index (χ2n) is 6.10. The summed E-state index contributed by atoms with van der Waals surface area (Å²) in [6.45, 7) is 8.64. The molecule has 0 aromatic heterocycles. The molecule has 0 heterocycles. The molecule has 0 saturated heterocycles. The van der Waals surface area contributed by atoms with Gasteiger partial charge in [0.15, 0.2) is 0 Å². The third kappa shape index (κ3) is 3.46. The van der Waals surface area contributed by atoms with E-state index in [1.165, 1.54) is 0 Å². The topological polar surface area (TPSA) is 29.5 Å². The van der Waals surface area contributed by atoms with E-state index in [1.807, 2.05) is 0 Å². The maximum Gasteiger partial charge on any atom is 0.0654 e. The standard InChI is InChI=1S/C13H26O2/c1-10(2)11-8-13(14,9-11)7-6-12(3,4)15-5/h10-11,14H,6-9H2,1-5H3. The molecule has 0 aromatic carbocycles. The first kappa shape index (κ1) is 13.0. The second-order valence-corrected chi connectivity index (χ2v) is 6.10. The third-order valence-electron chi connectivity index (χ3n) is 3.97. The molecule has 1 saturated carbocycles. The van der Waals surface area contributed by atoms with E-state index in [9.17, 15) is 5.11 Å². The lowest BCUT2D eigenvalue weighted by molar-refractivity contribution is -0.107. The zero-order valence-electron chi connectivity index (χ0n) is 10.8. The van der Waals surface area contributed by atoms with Crippen LogP contribution in [-0.4, -0.2) is 23.4 Å². The highest BCUT2D eigenvalue weighted by Crippen LogP contribution is 2.45. The predicted octanol–water partition coefficient (Wildman–Crippen LogP) is 2.99. The molecule has 1 N–H and O–H groups in total. The smallest absolute Gasteiger partial charge is 0.0654 e. The summed E-state index contributed by atoms with van der Waals surface area (Å²) in [6, 6.07) is 0. The van der Waals surface area contributed by atoms with Gasteiger partial charge >= 0.3 is 0 Å². The highest BCUT2D eigenvalue weighted by Gasteiger charge is 2.43. The molecule has 0 aromatic rings. The quantitative estimate of drug-likeness (QED) is 0.762. The number of rotatable bonds is 5. The van der Waals surface area contributed by atoms with Gasteiger partial charge in [0.1, 0.15) is 0 Å². The fraction of sp³-hybridized carbons (Fsp3) is 1.00. The molecule has 0 spiro atoms. The minimum Gasteiger partial charge on any atom is -0.390 e. The Hall–Kier alpha value is -0.0800. The van der Waals surface area contributed by atoms with Crippen molar-refractivity contribution in [3.05, 3.63) is 0 Å². The summed E-state index contributed by atoms with van der Waals surface area (Å²) in [6.07, 6.45) is 3.76. The van der Waals surface area contributed by atoms with Crippen LogP contribution in [0.3, 0.4) is 0 Å². The molecular weight excluding hydrogens is 188 g/mol. The van der Waals surface area contributed by atoms with Crippen molar-refractivity contribution in [3.63, 3.8) is 0 Å². The normalized spacial score (nSPS) is 31.8. The van der Waals surface area contributed by atoms with Crippen LogP contribution in [0.15, 0.2) is 0 Å². The number of aliphatic hydroxyl groups is 1. The van der Waals surface area contributed by atoms with Crippen LogP contribution >= 0.6 is 0 Å². The third-order valence-corrected chi connectivity index (χ3v) is 3.97. The van der Waals surface area contributed by atoms with E-state index in [4.69, 9.17) is 4.74 Å². The van der Waals surface area contributed by atoms with E-state index in [1.54, 1.807) is 7.11 Å². The van der Waals surface area contributed by atoms with Gasteiger partial charge in [-0.25, -0.2) is 0 Å². The number of ether oxygens (including phenoxy) is 1. The van der Waals surface area contributed by atoms with Crippen LogP contribution in [0.25, 0.3) is 0 Å². The van der Waals surface area contributed by atoms with Gasteiger partial charge in [0.2, 0.25) is 0 Å². The molecule has 2 nitrogen and oxygen atoms in total. The van der Waals surface area contributed by atoms with Gasteiger partial charge in [0.25, 0.3) is 0 Å². The van der Waals surface area contributed by atoms with Crippen LogP contribution in [0, 0.1) is 11.8 Å². The molecule has 1 aliphatic carbocycles. The predicted molar refractivity (Wildman–Crippen MR) is 62.8 cm³/mol. The zero-order valence-corrected chi connectivity index (χ0v) is 10.8. The van der Waals surface area contributed by atoms with Crippen LogP contribution in [-0.2, 0) is 4.74 Å². The van der Waals surface area contributed by atoms with Gasteiger partial charge in [-0.05, 0) is 51.4 Å². The van der Waals surface area contributed by atoms with E-state index in [2.05, 4.69) is 27.7 Å². The average molecular weight is 214 g/mol.